The third-order valence-electron chi connectivity index (χ3n) is 3.29. The quantitative estimate of drug-likeness (QED) is 0.777. The number of benzene rings is 2. The first-order valence-electron chi connectivity index (χ1n) is 6.57. The summed E-state index contributed by atoms with van der Waals surface area (Å²) in [6, 6.07) is 18.2. The summed E-state index contributed by atoms with van der Waals surface area (Å²) in [4.78, 5) is 4.36. The Morgan fingerprint density at radius 3 is 2.60 bits per heavy atom. The molecule has 0 bridgehead atoms. The Morgan fingerprint density at radius 2 is 1.80 bits per heavy atom. The molecule has 0 saturated carbocycles. The third kappa shape index (κ3) is 2.57. The number of aromatic nitrogens is 1. The first-order valence-corrected chi connectivity index (χ1v) is 6.57. The van der Waals surface area contributed by atoms with Gasteiger partial charge in [0.05, 0.1) is 12.6 Å². The van der Waals surface area contributed by atoms with E-state index in [-0.39, 0.29) is 0 Å². The van der Waals surface area contributed by atoms with Gasteiger partial charge in [0.2, 0.25) is 0 Å². The van der Waals surface area contributed by atoms with Gasteiger partial charge in [-0.05, 0) is 29.8 Å². The predicted molar refractivity (Wildman–Crippen MR) is 82.1 cm³/mol. The number of hydrogen-bond acceptors (Lipinski definition) is 3. The van der Waals surface area contributed by atoms with E-state index in [0.29, 0.717) is 0 Å². The van der Waals surface area contributed by atoms with Crippen LogP contribution in [0.5, 0.6) is 5.75 Å². The Labute approximate surface area is 118 Å². The van der Waals surface area contributed by atoms with Gasteiger partial charge in [-0.3, -0.25) is 4.98 Å². The summed E-state index contributed by atoms with van der Waals surface area (Å²) >= 11 is 0. The van der Waals surface area contributed by atoms with Crippen LogP contribution < -0.4 is 10.1 Å². The van der Waals surface area contributed by atoms with E-state index in [1.54, 1.807) is 7.11 Å². The van der Waals surface area contributed by atoms with Gasteiger partial charge >= 0.3 is 0 Å². The average Bonchev–Trinajstić information content (AvgIpc) is 2.53. The van der Waals surface area contributed by atoms with Gasteiger partial charge in [0.1, 0.15) is 5.75 Å². The average molecular weight is 264 g/mol. The topological polar surface area (TPSA) is 34.1 Å². The largest absolute Gasteiger partial charge is 0.497 e. The van der Waals surface area contributed by atoms with E-state index >= 15 is 0 Å². The number of ether oxygens (including phenoxy) is 1. The van der Waals surface area contributed by atoms with Crippen LogP contribution in [0.4, 0.5) is 5.69 Å². The second-order valence-electron chi connectivity index (χ2n) is 4.58. The van der Waals surface area contributed by atoms with Crippen molar-refractivity contribution in [2.75, 3.05) is 12.4 Å². The maximum absolute atomic E-state index is 5.16. The highest BCUT2D eigenvalue weighted by molar-refractivity contribution is 5.90. The molecule has 0 unspecified atom stereocenters. The van der Waals surface area contributed by atoms with Crippen molar-refractivity contribution < 1.29 is 4.74 Å². The van der Waals surface area contributed by atoms with Gasteiger partial charge in [-0.25, -0.2) is 0 Å². The number of nitrogens with one attached hydrogen (secondary N) is 1. The summed E-state index contributed by atoms with van der Waals surface area (Å²) in [6.07, 6.45) is 1.83. The van der Waals surface area contributed by atoms with E-state index in [4.69, 9.17) is 4.74 Å². The fourth-order valence-corrected chi connectivity index (χ4v) is 2.19. The number of nitrogens with zero attached hydrogens (tertiary/aromatic N) is 1. The standard InChI is InChI=1S/C17H16N2O/c1-20-14-8-6-13(7-9-14)12-19-17-10-11-18-16-5-3-2-4-15(16)17/h2-11H,12H2,1H3,(H,18,19). The van der Waals surface area contributed by atoms with Crippen LogP contribution >= 0.6 is 0 Å². The van der Waals surface area contributed by atoms with Gasteiger partial charge in [0.25, 0.3) is 0 Å². The van der Waals surface area contributed by atoms with Crippen molar-refractivity contribution >= 4 is 16.6 Å². The summed E-state index contributed by atoms with van der Waals surface area (Å²) in [5.41, 5.74) is 3.32. The molecular weight excluding hydrogens is 248 g/mol. The predicted octanol–water partition coefficient (Wildman–Crippen LogP) is 3.86. The molecule has 1 heterocycles. The minimum absolute atomic E-state index is 0.776. The lowest BCUT2D eigenvalue weighted by atomic mass is 10.1. The zero-order valence-corrected chi connectivity index (χ0v) is 11.3. The molecule has 3 aromatic rings. The van der Waals surface area contributed by atoms with Gasteiger partial charge in [-0.15, -0.1) is 0 Å². The van der Waals surface area contributed by atoms with Crippen LogP contribution in [0.3, 0.4) is 0 Å². The molecule has 1 aromatic heterocycles. The molecule has 3 heteroatoms. The smallest absolute Gasteiger partial charge is 0.118 e. The fourth-order valence-electron chi connectivity index (χ4n) is 2.19. The zero-order valence-electron chi connectivity index (χ0n) is 11.3. The molecule has 20 heavy (non-hydrogen) atoms. The molecular formula is C17H16N2O. The number of para-hydroxylation sites is 1. The molecule has 0 radical (unpaired) electrons. The van der Waals surface area contributed by atoms with E-state index in [0.717, 1.165) is 28.9 Å². The molecule has 1 N–H and O–H groups in total. The van der Waals surface area contributed by atoms with Crippen molar-refractivity contribution in [3.8, 4) is 5.75 Å². The van der Waals surface area contributed by atoms with Gasteiger partial charge in [-0.2, -0.15) is 0 Å². The van der Waals surface area contributed by atoms with Gasteiger partial charge in [0.15, 0.2) is 0 Å². The molecule has 0 fully saturated rings. The van der Waals surface area contributed by atoms with Crippen LogP contribution in [-0.2, 0) is 6.54 Å². The highest BCUT2D eigenvalue weighted by Gasteiger charge is 2.01. The molecule has 0 aliphatic carbocycles. The third-order valence-corrected chi connectivity index (χ3v) is 3.29. The first kappa shape index (κ1) is 12.5. The van der Waals surface area contributed by atoms with Gasteiger partial charge in [-0.1, -0.05) is 30.3 Å². The minimum Gasteiger partial charge on any atom is -0.497 e. The number of rotatable bonds is 4. The maximum Gasteiger partial charge on any atom is 0.118 e. The highest BCUT2D eigenvalue weighted by Crippen LogP contribution is 2.21. The summed E-state index contributed by atoms with van der Waals surface area (Å²) in [7, 11) is 1.68. The normalized spacial score (nSPS) is 10.4. The molecule has 0 aliphatic rings. The number of fused-ring (bicyclic) bond motifs is 1. The number of pyridine rings is 1. The van der Waals surface area contributed by atoms with Crippen LogP contribution in [-0.4, -0.2) is 12.1 Å². The number of anilines is 1. The maximum atomic E-state index is 5.16. The fraction of sp³-hybridized carbons (Fsp3) is 0.118. The van der Waals surface area contributed by atoms with Crippen LogP contribution in [0.25, 0.3) is 10.9 Å². The number of hydrogen-bond donors (Lipinski definition) is 1. The van der Waals surface area contributed by atoms with E-state index in [9.17, 15) is 0 Å². The molecule has 0 aliphatic heterocycles. The second-order valence-corrected chi connectivity index (χ2v) is 4.58. The lowest BCUT2D eigenvalue weighted by Crippen LogP contribution is -2.00. The Bertz CT molecular complexity index is 702. The Balaban J connectivity index is 1.79. The SMILES string of the molecule is COc1ccc(CNc2ccnc3ccccc23)cc1. The molecule has 0 atom stereocenters. The van der Waals surface area contributed by atoms with Gasteiger partial charge in [0, 0.05) is 23.8 Å². The van der Waals surface area contributed by atoms with E-state index in [1.165, 1.54) is 5.56 Å². The van der Waals surface area contributed by atoms with E-state index in [2.05, 4.69) is 28.5 Å². The van der Waals surface area contributed by atoms with Crippen LogP contribution in [0.2, 0.25) is 0 Å². The second kappa shape index (κ2) is 5.61. The molecule has 3 rings (SSSR count). The van der Waals surface area contributed by atoms with Crippen LogP contribution in [0, 0.1) is 0 Å². The van der Waals surface area contributed by atoms with Crippen molar-refractivity contribution in [1.82, 2.24) is 4.98 Å². The molecule has 0 saturated heterocycles. The Hall–Kier alpha value is -2.55. The Morgan fingerprint density at radius 1 is 1.00 bits per heavy atom. The van der Waals surface area contributed by atoms with Crippen molar-refractivity contribution in [1.29, 1.82) is 0 Å². The lowest BCUT2D eigenvalue weighted by Gasteiger charge is -2.09. The van der Waals surface area contributed by atoms with Crippen molar-refractivity contribution in [3.63, 3.8) is 0 Å². The van der Waals surface area contributed by atoms with Gasteiger partial charge < -0.3 is 10.1 Å². The Kier molecular flexibility index (Phi) is 3.50. The monoisotopic (exact) mass is 264 g/mol. The summed E-state index contributed by atoms with van der Waals surface area (Å²) in [5, 5.41) is 4.60. The molecule has 0 spiro atoms. The van der Waals surface area contributed by atoms with E-state index < -0.39 is 0 Å². The van der Waals surface area contributed by atoms with Crippen LogP contribution in [0.1, 0.15) is 5.56 Å². The highest BCUT2D eigenvalue weighted by atomic mass is 16.5. The van der Waals surface area contributed by atoms with E-state index in [1.807, 2.05) is 42.6 Å². The summed E-state index contributed by atoms with van der Waals surface area (Å²) in [5.74, 6) is 0.878. The molecule has 0 amide bonds. The minimum atomic E-state index is 0.776. The van der Waals surface area contributed by atoms with Crippen molar-refractivity contribution in [2.24, 2.45) is 0 Å². The number of methoxy groups -OCH3 is 1. The zero-order chi connectivity index (χ0) is 13.8. The molecule has 2 aromatic carbocycles. The molecule has 100 valence electrons. The summed E-state index contributed by atoms with van der Waals surface area (Å²) in [6.45, 7) is 0.776. The van der Waals surface area contributed by atoms with Crippen molar-refractivity contribution in [2.45, 2.75) is 6.54 Å². The van der Waals surface area contributed by atoms with Crippen molar-refractivity contribution in [3.05, 3.63) is 66.4 Å². The lowest BCUT2D eigenvalue weighted by molar-refractivity contribution is 0.414. The first-order chi connectivity index (χ1) is 9.86. The molecule has 3 nitrogen and oxygen atoms in total. The van der Waals surface area contributed by atoms with Crippen LogP contribution in [0.15, 0.2) is 60.8 Å². The summed E-state index contributed by atoms with van der Waals surface area (Å²) < 4.78 is 5.16.